The number of hydrogen-bond donors (Lipinski definition) is 1. The van der Waals surface area contributed by atoms with E-state index in [-0.39, 0.29) is 23.7 Å². The first-order valence-corrected chi connectivity index (χ1v) is 6.18. The predicted molar refractivity (Wildman–Crippen MR) is 75.5 cm³/mol. The quantitative estimate of drug-likeness (QED) is 0.851. The first kappa shape index (κ1) is 14.6. The topological polar surface area (TPSA) is 83.5 Å². The molecule has 5 nitrogen and oxygen atoms in total. The fourth-order valence-corrected chi connectivity index (χ4v) is 1.63. The van der Waals surface area contributed by atoms with Gasteiger partial charge in [0.1, 0.15) is 24.7 Å². The van der Waals surface area contributed by atoms with Crippen LogP contribution in [0.3, 0.4) is 0 Å². The van der Waals surface area contributed by atoms with Gasteiger partial charge in [0.15, 0.2) is 0 Å². The smallest absolute Gasteiger partial charge is 0.227 e. The molecule has 0 radical (unpaired) electrons. The van der Waals surface area contributed by atoms with Crippen molar-refractivity contribution in [2.45, 2.75) is 12.7 Å². The minimum Gasteiger partial charge on any atom is -0.482 e. The summed E-state index contributed by atoms with van der Waals surface area (Å²) >= 11 is 0. The maximum atomic E-state index is 11.9. The van der Waals surface area contributed by atoms with Gasteiger partial charge in [-0.05, 0) is 5.56 Å². The Morgan fingerprint density at radius 1 is 1.43 bits per heavy atom. The molecule has 0 saturated carbocycles. The Labute approximate surface area is 121 Å². The van der Waals surface area contributed by atoms with Gasteiger partial charge in [-0.15, -0.1) is 0 Å². The Hall–Kier alpha value is -2.84. The maximum absolute atomic E-state index is 11.9. The van der Waals surface area contributed by atoms with Crippen molar-refractivity contribution in [3.63, 3.8) is 0 Å². The summed E-state index contributed by atoms with van der Waals surface area (Å²) in [5.74, 6) is -0.00372. The van der Waals surface area contributed by atoms with Crippen LogP contribution in [0.15, 0.2) is 64.0 Å². The van der Waals surface area contributed by atoms with Gasteiger partial charge in [0, 0.05) is 6.07 Å². The molecule has 106 valence electrons. The molecule has 1 heterocycles. The van der Waals surface area contributed by atoms with Crippen LogP contribution in [0.2, 0.25) is 0 Å². The third-order valence-corrected chi connectivity index (χ3v) is 2.80. The van der Waals surface area contributed by atoms with E-state index in [9.17, 15) is 9.90 Å². The van der Waals surface area contributed by atoms with Crippen LogP contribution >= 0.6 is 0 Å². The predicted octanol–water partition coefficient (Wildman–Crippen LogP) is 2.33. The largest absolute Gasteiger partial charge is 0.482 e. The van der Waals surface area contributed by atoms with E-state index < -0.39 is 11.5 Å². The Kier molecular flexibility index (Phi) is 4.54. The zero-order chi connectivity index (χ0) is 15.2. The van der Waals surface area contributed by atoms with Crippen LogP contribution in [0.4, 0.5) is 0 Å². The molecule has 0 aliphatic carbocycles. The second-order valence-electron chi connectivity index (χ2n) is 4.32. The number of aliphatic hydroxyl groups is 1. The average molecular weight is 283 g/mol. The van der Waals surface area contributed by atoms with Gasteiger partial charge in [-0.3, -0.25) is 4.79 Å². The summed E-state index contributed by atoms with van der Waals surface area (Å²) in [5, 5.41) is 18.4. The summed E-state index contributed by atoms with van der Waals surface area (Å²) in [5.41, 5.74) is 0.381. The van der Waals surface area contributed by atoms with Crippen LogP contribution < -0.4 is 10.2 Å². The zero-order valence-electron chi connectivity index (χ0n) is 11.2. The fraction of sp³-hybridized carbons (Fsp3) is 0.125. The summed E-state index contributed by atoms with van der Waals surface area (Å²) in [7, 11) is 0. The standard InChI is InChI=1S/C16H13NO4/c1-11(8-17)16(19)14-7-13(18)15(10-21-14)20-9-12-5-3-2-4-6-12/h2-7,10,16,19H,1,9H2. The molecule has 1 aromatic heterocycles. The summed E-state index contributed by atoms with van der Waals surface area (Å²) in [4.78, 5) is 11.9. The normalized spacial score (nSPS) is 11.4. The minimum absolute atomic E-state index is 0.0392. The minimum atomic E-state index is -1.33. The molecule has 1 N–H and O–H groups in total. The van der Waals surface area contributed by atoms with E-state index in [1.54, 1.807) is 6.07 Å². The van der Waals surface area contributed by atoms with Crippen LogP contribution in [0.25, 0.3) is 0 Å². The summed E-state index contributed by atoms with van der Waals surface area (Å²) in [6.07, 6.45) is -0.208. The Balaban J connectivity index is 2.11. The van der Waals surface area contributed by atoms with E-state index >= 15 is 0 Å². The summed E-state index contributed by atoms with van der Waals surface area (Å²) in [6, 6.07) is 12.2. The van der Waals surface area contributed by atoms with Gasteiger partial charge in [-0.25, -0.2) is 0 Å². The van der Waals surface area contributed by atoms with Gasteiger partial charge in [0.25, 0.3) is 0 Å². The third-order valence-electron chi connectivity index (χ3n) is 2.80. The molecule has 0 saturated heterocycles. The lowest BCUT2D eigenvalue weighted by molar-refractivity contribution is 0.184. The van der Waals surface area contributed by atoms with E-state index in [4.69, 9.17) is 14.4 Å². The van der Waals surface area contributed by atoms with Crippen LogP contribution in [-0.2, 0) is 6.61 Å². The number of nitrogens with zero attached hydrogens (tertiary/aromatic N) is 1. The van der Waals surface area contributed by atoms with Crippen LogP contribution in [0.1, 0.15) is 17.4 Å². The lowest BCUT2D eigenvalue weighted by atomic mass is 10.1. The lowest BCUT2D eigenvalue weighted by Crippen LogP contribution is -2.10. The van der Waals surface area contributed by atoms with Crippen molar-refractivity contribution >= 4 is 0 Å². The van der Waals surface area contributed by atoms with E-state index in [0.717, 1.165) is 17.9 Å². The van der Waals surface area contributed by atoms with Gasteiger partial charge in [0.2, 0.25) is 11.2 Å². The van der Waals surface area contributed by atoms with Crippen molar-refractivity contribution < 1.29 is 14.3 Å². The SMILES string of the molecule is C=C(C#N)C(O)c1cc(=O)c(OCc2ccccc2)co1. The highest BCUT2D eigenvalue weighted by Gasteiger charge is 2.16. The van der Waals surface area contributed by atoms with Crippen molar-refractivity contribution in [2.75, 3.05) is 0 Å². The monoisotopic (exact) mass is 283 g/mol. The number of ether oxygens (including phenoxy) is 1. The molecule has 0 bridgehead atoms. The van der Waals surface area contributed by atoms with Gasteiger partial charge in [0.05, 0.1) is 11.6 Å². The van der Waals surface area contributed by atoms with Crippen molar-refractivity contribution in [1.82, 2.24) is 0 Å². The highest BCUT2D eigenvalue weighted by Crippen LogP contribution is 2.20. The number of aliphatic hydroxyl groups excluding tert-OH is 1. The number of benzene rings is 1. The van der Waals surface area contributed by atoms with Crippen molar-refractivity contribution in [2.24, 2.45) is 0 Å². The van der Waals surface area contributed by atoms with Gasteiger partial charge in [-0.1, -0.05) is 36.9 Å². The molecule has 0 fully saturated rings. The van der Waals surface area contributed by atoms with E-state index in [0.29, 0.717) is 0 Å². The van der Waals surface area contributed by atoms with Gasteiger partial charge in [-0.2, -0.15) is 5.26 Å². The number of hydrogen-bond acceptors (Lipinski definition) is 5. The van der Waals surface area contributed by atoms with E-state index in [2.05, 4.69) is 6.58 Å². The average Bonchev–Trinajstić information content (AvgIpc) is 2.53. The lowest BCUT2D eigenvalue weighted by Gasteiger charge is -2.09. The molecular formula is C16H13NO4. The fourth-order valence-electron chi connectivity index (χ4n) is 1.63. The third kappa shape index (κ3) is 3.59. The van der Waals surface area contributed by atoms with Crippen LogP contribution in [0, 0.1) is 11.3 Å². The van der Waals surface area contributed by atoms with Gasteiger partial charge >= 0.3 is 0 Å². The molecule has 2 aromatic rings. The van der Waals surface area contributed by atoms with E-state index in [1.807, 2.05) is 30.3 Å². The molecule has 0 aliphatic heterocycles. The zero-order valence-corrected chi connectivity index (χ0v) is 11.2. The molecule has 5 heteroatoms. The number of rotatable bonds is 5. The van der Waals surface area contributed by atoms with Crippen LogP contribution in [-0.4, -0.2) is 5.11 Å². The highest BCUT2D eigenvalue weighted by atomic mass is 16.5. The van der Waals surface area contributed by atoms with Crippen LogP contribution in [0.5, 0.6) is 5.75 Å². The molecule has 2 rings (SSSR count). The molecule has 0 aliphatic rings. The number of nitriles is 1. The molecule has 1 aromatic carbocycles. The molecule has 0 spiro atoms. The summed E-state index contributed by atoms with van der Waals surface area (Å²) in [6.45, 7) is 3.61. The Bertz CT molecular complexity index is 728. The summed E-state index contributed by atoms with van der Waals surface area (Å²) < 4.78 is 10.5. The van der Waals surface area contributed by atoms with E-state index in [1.165, 1.54) is 0 Å². The molecule has 0 amide bonds. The molecule has 1 unspecified atom stereocenters. The second-order valence-corrected chi connectivity index (χ2v) is 4.32. The highest BCUT2D eigenvalue weighted by molar-refractivity contribution is 5.28. The second kappa shape index (κ2) is 6.55. The first-order valence-electron chi connectivity index (χ1n) is 6.18. The molecular weight excluding hydrogens is 270 g/mol. The molecule has 1 atom stereocenters. The van der Waals surface area contributed by atoms with Gasteiger partial charge < -0.3 is 14.3 Å². The Morgan fingerprint density at radius 2 is 2.14 bits per heavy atom. The van der Waals surface area contributed by atoms with Crippen molar-refractivity contribution in [3.8, 4) is 11.8 Å². The Morgan fingerprint density at radius 3 is 2.76 bits per heavy atom. The molecule has 21 heavy (non-hydrogen) atoms. The maximum Gasteiger partial charge on any atom is 0.227 e. The first-order chi connectivity index (χ1) is 10.1. The van der Waals surface area contributed by atoms with Crippen molar-refractivity contribution in [1.29, 1.82) is 5.26 Å². The van der Waals surface area contributed by atoms with Crippen molar-refractivity contribution in [3.05, 3.63) is 76.4 Å².